The number of aromatic nitrogens is 4. The number of carbonyl (C=O) groups excluding carboxylic acids is 2. The number of nitrogens with zero attached hydrogens (tertiary/aromatic N) is 5. The van der Waals surface area contributed by atoms with Gasteiger partial charge in [-0.1, -0.05) is 37.1 Å². The minimum atomic E-state index is -1.14. The lowest BCUT2D eigenvalue weighted by molar-refractivity contribution is -0.131. The molecule has 1 aliphatic rings. The number of carbonyl (C=O) groups is 2. The van der Waals surface area contributed by atoms with Gasteiger partial charge in [-0.25, -0.2) is 9.48 Å². The molecule has 2 aromatic rings. The molecule has 1 aliphatic heterocycles. The summed E-state index contributed by atoms with van der Waals surface area (Å²) >= 11 is 5.90. The van der Waals surface area contributed by atoms with Crippen molar-refractivity contribution >= 4 is 23.5 Å². The fourth-order valence-electron chi connectivity index (χ4n) is 2.78. The van der Waals surface area contributed by atoms with Crippen molar-refractivity contribution in [3.63, 3.8) is 0 Å². The van der Waals surface area contributed by atoms with Crippen LogP contribution in [0, 0.1) is 0 Å². The van der Waals surface area contributed by atoms with Crippen molar-refractivity contribution in [3.05, 3.63) is 40.7 Å². The first kappa shape index (κ1) is 17.3. The third kappa shape index (κ3) is 3.21. The molecule has 1 N–H and O–H groups in total. The second-order valence-corrected chi connectivity index (χ2v) is 6.56. The molecule has 132 valence electrons. The fraction of sp³-hybridized carbons (Fsp3) is 0.438. The Morgan fingerprint density at radius 1 is 1.24 bits per heavy atom. The van der Waals surface area contributed by atoms with Crippen LogP contribution < -0.4 is 5.32 Å². The Morgan fingerprint density at radius 3 is 2.64 bits per heavy atom. The van der Waals surface area contributed by atoms with Crippen LogP contribution in [0.3, 0.4) is 0 Å². The van der Waals surface area contributed by atoms with E-state index in [-0.39, 0.29) is 12.5 Å². The van der Waals surface area contributed by atoms with Gasteiger partial charge < -0.3 is 5.32 Å². The highest BCUT2D eigenvalue weighted by atomic mass is 35.5. The minimum absolute atomic E-state index is 0.0323. The average molecular weight is 363 g/mol. The van der Waals surface area contributed by atoms with E-state index in [2.05, 4.69) is 27.8 Å². The molecule has 1 atom stereocenters. The van der Waals surface area contributed by atoms with E-state index in [0.29, 0.717) is 23.0 Å². The van der Waals surface area contributed by atoms with E-state index in [9.17, 15) is 9.59 Å². The number of hydrogen-bond acceptors (Lipinski definition) is 5. The monoisotopic (exact) mass is 362 g/mol. The predicted molar refractivity (Wildman–Crippen MR) is 90.6 cm³/mol. The number of aryl methyl sites for hydroxylation is 1. The molecule has 1 aromatic heterocycles. The Kier molecular flexibility index (Phi) is 4.71. The molecule has 0 saturated carbocycles. The second-order valence-electron chi connectivity index (χ2n) is 6.13. The fourth-order valence-corrected chi connectivity index (χ4v) is 2.90. The number of nitrogens with one attached hydrogen (secondary N) is 1. The average Bonchev–Trinajstić information content (AvgIpc) is 3.12. The molecule has 0 bridgehead atoms. The number of unbranched alkanes of at least 4 members (excludes halogenated alkanes) is 1. The zero-order valence-corrected chi connectivity index (χ0v) is 14.8. The van der Waals surface area contributed by atoms with Crippen LogP contribution in [0.15, 0.2) is 24.3 Å². The van der Waals surface area contributed by atoms with Crippen LogP contribution in [0.2, 0.25) is 5.02 Å². The lowest BCUT2D eigenvalue weighted by atomic mass is 9.92. The van der Waals surface area contributed by atoms with Crippen molar-refractivity contribution in [2.45, 2.75) is 45.3 Å². The number of imide groups is 1. The van der Waals surface area contributed by atoms with Crippen LogP contribution in [-0.4, -0.2) is 37.0 Å². The van der Waals surface area contributed by atoms with Crippen molar-refractivity contribution < 1.29 is 9.59 Å². The number of amides is 3. The van der Waals surface area contributed by atoms with Crippen LogP contribution in [0.5, 0.6) is 0 Å². The smallest absolute Gasteiger partial charge is 0.319 e. The SMILES string of the molecule is CCCCn1nnnc1CN1C(=O)N[C@](C)(c2ccc(Cl)cc2)C1=O. The van der Waals surface area contributed by atoms with Crippen molar-refractivity contribution in [2.24, 2.45) is 0 Å². The van der Waals surface area contributed by atoms with Gasteiger partial charge in [-0.05, 0) is 41.5 Å². The lowest BCUT2D eigenvalue weighted by Gasteiger charge is -2.22. The zero-order valence-electron chi connectivity index (χ0n) is 14.1. The molecule has 1 fully saturated rings. The quantitative estimate of drug-likeness (QED) is 0.794. The summed E-state index contributed by atoms with van der Waals surface area (Å²) in [5.41, 5.74) is -0.466. The lowest BCUT2D eigenvalue weighted by Crippen LogP contribution is -2.40. The number of halogens is 1. The predicted octanol–water partition coefficient (Wildman–Crippen LogP) is 2.09. The van der Waals surface area contributed by atoms with Crippen LogP contribution in [0.25, 0.3) is 0 Å². The van der Waals surface area contributed by atoms with E-state index in [1.54, 1.807) is 35.9 Å². The number of tetrazole rings is 1. The van der Waals surface area contributed by atoms with Crippen LogP contribution in [0.1, 0.15) is 38.1 Å². The Labute approximate surface area is 150 Å². The van der Waals surface area contributed by atoms with E-state index in [4.69, 9.17) is 11.6 Å². The third-order valence-corrected chi connectivity index (χ3v) is 4.58. The highest BCUT2D eigenvalue weighted by Gasteiger charge is 2.49. The molecule has 3 rings (SSSR count). The molecule has 0 unspecified atom stereocenters. The number of rotatable bonds is 6. The summed E-state index contributed by atoms with van der Waals surface area (Å²) in [6.45, 7) is 4.43. The Morgan fingerprint density at radius 2 is 1.96 bits per heavy atom. The molecule has 1 saturated heterocycles. The first-order valence-electron chi connectivity index (χ1n) is 8.11. The summed E-state index contributed by atoms with van der Waals surface area (Å²) in [5.74, 6) is 0.141. The topological polar surface area (TPSA) is 93.0 Å². The summed E-state index contributed by atoms with van der Waals surface area (Å²) in [7, 11) is 0. The van der Waals surface area contributed by atoms with Crippen LogP contribution in [0.4, 0.5) is 4.79 Å². The van der Waals surface area contributed by atoms with Gasteiger partial charge in [0.2, 0.25) is 0 Å². The highest BCUT2D eigenvalue weighted by Crippen LogP contribution is 2.30. The van der Waals surface area contributed by atoms with E-state index < -0.39 is 11.6 Å². The molecule has 2 heterocycles. The molecule has 25 heavy (non-hydrogen) atoms. The van der Waals surface area contributed by atoms with Gasteiger partial charge in [0.05, 0.1) is 6.54 Å². The van der Waals surface area contributed by atoms with Gasteiger partial charge in [-0.3, -0.25) is 9.69 Å². The normalized spacial score (nSPS) is 20.2. The third-order valence-electron chi connectivity index (χ3n) is 4.33. The summed E-state index contributed by atoms with van der Waals surface area (Å²) in [4.78, 5) is 26.4. The Balaban J connectivity index is 1.82. The maximum Gasteiger partial charge on any atom is 0.325 e. The van der Waals surface area contributed by atoms with Crippen molar-refractivity contribution in [1.29, 1.82) is 0 Å². The Bertz CT molecular complexity index is 790. The molecule has 0 aliphatic carbocycles. The Hall–Kier alpha value is -2.48. The number of urea groups is 1. The van der Waals surface area contributed by atoms with E-state index >= 15 is 0 Å². The number of benzene rings is 1. The maximum atomic E-state index is 12.9. The van der Waals surface area contributed by atoms with Crippen molar-refractivity contribution in [2.75, 3.05) is 0 Å². The van der Waals surface area contributed by atoms with Crippen LogP contribution in [-0.2, 0) is 23.4 Å². The van der Waals surface area contributed by atoms with Gasteiger partial charge in [0, 0.05) is 11.6 Å². The van der Waals surface area contributed by atoms with Gasteiger partial charge in [-0.15, -0.1) is 5.10 Å². The standard InChI is InChI=1S/C16H19ClN6O2/c1-3-4-9-23-13(19-20-21-23)10-22-14(24)16(2,18-15(22)25)11-5-7-12(17)8-6-11/h5-8H,3-4,9-10H2,1-2H3,(H,18,25)/t16-/m1/s1. The molecule has 9 heteroatoms. The van der Waals surface area contributed by atoms with Gasteiger partial charge in [0.25, 0.3) is 5.91 Å². The molecule has 0 spiro atoms. The second kappa shape index (κ2) is 6.79. The molecular formula is C16H19ClN6O2. The van der Waals surface area contributed by atoms with E-state index in [0.717, 1.165) is 17.7 Å². The molecule has 0 radical (unpaired) electrons. The van der Waals surface area contributed by atoms with Crippen molar-refractivity contribution in [3.8, 4) is 0 Å². The largest absolute Gasteiger partial charge is 0.325 e. The van der Waals surface area contributed by atoms with Gasteiger partial charge >= 0.3 is 6.03 Å². The molecular weight excluding hydrogens is 344 g/mol. The highest BCUT2D eigenvalue weighted by molar-refractivity contribution is 6.30. The first-order valence-corrected chi connectivity index (χ1v) is 8.48. The van der Waals surface area contributed by atoms with E-state index in [1.165, 1.54) is 0 Å². The van der Waals surface area contributed by atoms with E-state index in [1.807, 2.05) is 0 Å². The molecule has 8 nitrogen and oxygen atoms in total. The molecule has 1 aromatic carbocycles. The summed E-state index contributed by atoms with van der Waals surface area (Å²) in [6, 6.07) is 6.38. The molecule has 3 amide bonds. The summed E-state index contributed by atoms with van der Waals surface area (Å²) < 4.78 is 1.63. The van der Waals surface area contributed by atoms with Gasteiger partial charge in [0.15, 0.2) is 5.82 Å². The van der Waals surface area contributed by atoms with Crippen molar-refractivity contribution in [1.82, 2.24) is 30.4 Å². The summed E-state index contributed by atoms with van der Waals surface area (Å²) in [6.07, 6.45) is 1.91. The first-order chi connectivity index (χ1) is 12.0. The summed E-state index contributed by atoms with van der Waals surface area (Å²) in [5, 5.41) is 14.8. The minimum Gasteiger partial charge on any atom is -0.319 e. The maximum absolute atomic E-state index is 12.9. The van der Waals surface area contributed by atoms with Crippen LogP contribution >= 0.6 is 11.6 Å². The van der Waals surface area contributed by atoms with Gasteiger partial charge in [-0.2, -0.15) is 0 Å². The number of hydrogen-bond donors (Lipinski definition) is 1. The zero-order chi connectivity index (χ0) is 18.0. The van der Waals surface area contributed by atoms with Gasteiger partial charge in [0.1, 0.15) is 5.54 Å².